The second kappa shape index (κ2) is 10.2. The third kappa shape index (κ3) is 4.40. The Morgan fingerprint density at radius 3 is 2.84 bits per heavy atom. The van der Waals surface area contributed by atoms with Crippen LogP contribution in [0.15, 0.2) is 48.1 Å². The molecular weight excluding hydrogens is 472 g/mol. The molecule has 2 N–H and O–H groups in total. The van der Waals surface area contributed by atoms with Gasteiger partial charge in [0.05, 0.1) is 0 Å². The molecule has 0 saturated carbocycles. The first-order valence-corrected chi connectivity index (χ1v) is 14.5. The SMILES string of the molecule is C=C1C2=Cc3cc4c5c(c3OC2CCNc2ccccc2C1(C)CCCCCC(=O)O)CCCN5CCC4. The first-order valence-electron chi connectivity index (χ1n) is 14.5. The molecule has 4 aliphatic heterocycles. The topological polar surface area (TPSA) is 61.8 Å². The Bertz CT molecular complexity index is 1290. The normalized spacial score (nSPS) is 23.7. The number of nitrogens with one attached hydrogen (secondary N) is 1. The van der Waals surface area contributed by atoms with Gasteiger partial charge in [0.1, 0.15) is 11.9 Å². The van der Waals surface area contributed by atoms with E-state index in [0.29, 0.717) is 6.42 Å². The van der Waals surface area contributed by atoms with Crippen LogP contribution in [0.1, 0.15) is 80.5 Å². The van der Waals surface area contributed by atoms with Crippen molar-refractivity contribution in [2.75, 3.05) is 29.9 Å². The molecule has 4 aliphatic rings. The van der Waals surface area contributed by atoms with E-state index in [4.69, 9.17) is 16.4 Å². The molecule has 2 aromatic rings. The first kappa shape index (κ1) is 25.1. The molecule has 0 fully saturated rings. The molecule has 200 valence electrons. The minimum atomic E-state index is -0.715. The van der Waals surface area contributed by atoms with Crippen LogP contribution in [0.3, 0.4) is 0 Å². The molecule has 0 radical (unpaired) electrons. The monoisotopic (exact) mass is 512 g/mol. The van der Waals surface area contributed by atoms with Gasteiger partial charge in [-0.3, -0.25) is 4.79 Å². The van der Waals surface area contributed by atoms with Crippen LogP contribution in [0.4, 0.5) is 11.4 Å². The van der Waals surface area contributed by atoms with Crippen molar-refractivity contribution in [2.45, 2.75) is 82.7 Å². The predicted molar refractivity (Wildman–Crippen MR) is 154 cm³/mol. The summed E-state index contributed by atoms with van der Waals surface area (Å²) in [6.07, 6.45) is 11.6. The molecular formula is C33H40N2O3. The predicted octanol–water partition coefficient (Wildman–Crippen LogP) is 6.89. The maximum absolute atomic E-state index is 11.0. The third-order valence-electron chi connectivity index (χ3n) is 9.24. The molecule has 0 bridgehead atoms. The van der Waals surface area contributed by atoms with Gasteiger partial charge in [-0.25, -0.2) is 0 Å². The van der Waals surface area contributed by atoms with E-state index in [1.165, 1.54) is 52.0 Å². The Labute approximate surface area is 226 Å². The van der Waals surface area contributed by atoms with Crippen molar-refractivity contribution in [3.8, 4) is 5.75 Å². The smallest absolute Gasteiger partial charge is 0.303 e. The highest BCUT2D eigenvalue weighted by Crippen LogP contribution is 2.50. The van der Waals surface area contributed by atoms with Gasteiger partial charge in [-0.1, -0.05) is 44.5 Å². The van der Waals surface area contributed by atoms with Crippen molar-refractivity contribution >= 4 is 23.4 Å². The van der Waals surface area contributed by atoms with Crippen molar-refractivity contribution in [3.05, 3.63) is 70.3 Å². The van der Waals surface area contributed by atoms with Crippen molar-refractivity contribution in [1.82, 2.24) is 0 Å². The van der Waals surface area contributed by atoms with Crippen LogP contribution in [-0.4, -0.2) is 36.8 Å². The lowest BCUT2D eigenvalue weighted by atomic mass is 9.68. The number of aryl methyl sites for hydroxylation is 1. The van der Waals surface area contributed by atoms with Gasteiger partial charge in [0.25, 0.3) is 0 Å². The lowest BCUT2D eigenvalue weighted by Crippen LogP contribution is -2.36. The summed E-state index contributed by atoms with van der Waals surface area (Å²) in [5, 5.41) is 12.8. The molecule has 6 rings (SSSR count). The average molecular weight is 513 g/mol. The highest BCUT2D eigenvalue weighted by Gasteiger charge is 2.39. The van der Waals surface area contributed by atoms with E-state index in [2.05, 4.69) is 53.5 Å². The number of ether oxygens (including phenoxy) is 1. The lowest BCUT2D eigenvalue weighted by Gasteiger charge is -2.41. The fourth-order valence-electron chi connectivity index (χ4n) is 7.22. The van der Waals surface area contributed by atoms with Gasteiger partial charge in [0.15, 0.2) is 0 Å². The number of benzene rings is 2. The maximum Gasteiger partial charge on any atom is 0.303 e. The number of carbonyl (C=O) groups is 1. The van der Waals surface area contributed by atoms with Gasteiger partial charge in [-0.05, 0) is 79.0 Å². The quantitative estimate of drug-likeness (QED) is 0.413. The van der Waals surface area contributed by atoms with Gasteiger partial charge in [0, 0.05) is 60.4 Å². The standard InChI is InChI=1S/C33H40N2O3/c1-22-26-21-24-20-23-10-8-18-35-19-9-11-25(31(23)35)32(24)38-29(26)15-17-34-28-13-6-5-12-27(28)33(22,2)16-7-3-4-14-30(36)37/h5-6,12-13,20-21,29,34H,1,3-4,7-11,14-19H2,2H3,(H,36,37). The zero-order valence-electron chi connectivity index (χ0n) is 22.7. The average Bonchev–Trinajstić information content (AvgIpc) is 2.96. The van der Waals surface area contributed by atoms with Crippen LogP contribution >= 0.6 is 0 Å². The number of fused-ring (bicyclic) bond motifs is 4. The molecule has 38 heavy (non-hydrogen) atoms. The van der Waals surface area contributed by atoms with E-state index in [9.17, 15) is 4.79 Å². The molecule has 0 spiro atoms. The third-order valence-corrected chi connectivity index (χ3v) is 9.24. The van der Waals surface area contributed by atoms with Crippen molar-refractivity contribution in [2.24, 2.45) is 0 Å². The molecule has 2 aromatic carbocycles. The second-order valence-corrected chi connectivity index (χ2v) is 11.7. The molecule has 0 aliphatic carbocycles. The summed E-state index contributed by atoms with van der Waals surface area (Å²) in [5.41, 5.74) is 10.1. The summed E-state index contributed by atoms with van der Waals surface area (Å²) in [5.74, 6) is 0.386. The zero-order chi connectivity index (χ0) is 26.3. The number of carboxylic acid groups (broad SMARTS) is 1. The molecule has 0 aromatic heterocycles. The summed E-state index contributed by atoms with van der Waals surface area (Å²) in [6, 6.07) is 11.0. The van der Waals surface area contributed by atoms with Crippen LogP contribution in [0, 0.1) is 0 Å². The summed E-state index contributed by atoms with van der Waals surface area (Å²) >= 11 is 0. The number of hydrogen-bond acceptors (Lipinski definition) is 4. The summed E-state index contributed by atoms with van der Waals surface area (Å²) < 4.78 is 6.97. The van der Waals surface area contributed by atoms with Crippen molar-refractivity contribution < 1.29 is 14.6 Å². The van der Waals surface area contributed by atoms with Crippen LogP contribution in [0.2, 0.25) is 0 Å². The molecule has 0 amide bonds. The lowest BCUT2D eigenvalue weighted by molar-refractivity contribution is -0.137. The number of para-hydroxylation sites is 1. The Morgan fingerprint density at radius 1 is 1.18 bits per heavy atom. The summed E-state index contributed by atoms with van der Waals surface area (Å²) in [6.45, 7) is 10.2. The maximum atomic E-state index is 11.0. The largest absolute Gasteiger partial charge is 0.485 e. The zero-order valence-corrected chi connectivity index (χ0v) is 22.7. The first-order chi connectivity index (χ1) is 18.5. The van der Waals surface area contributed by atoms with E-state index in [1.54, 1.807) is 0 Å². The fraction of sp³-hybridized carbons (Fsp3) is 0.485. The molecule has 2 atom stereocenters. The van der Waals surface area contributed by atoms with Gasteiger partial charge in [0.2, 0.25) is 0 Å². The van der Waals surface area contributed by atoms with Gasteiger partial charge in [-0.15, -0.1) is 0 Å². The Hall–Kier alpha value is -3.21. The second-order valence-electron chi connectivity index (χ2n) is 11.7. The number of anilines is 2. The van der Waals surface area contributed by atoms with Gasteiger partial charge < -0.3 is 20.1 Å². The van der Waals surface area contributed by atoms with Crippen LogP contribution in [-0.2, 0) is 23.1 Å². The van der Waals surface area contributed by atoms with E-state index in [0.717, 1.165) is 69.5 Å². The number of hydrogen-bond donors (Lipinski definition) is 2. The van der Waals surface area contributed by atoms with Crippen molar-refractivity contribution in [3.63, 3.8) is 0 Å². The molecule has 5 nitrogen and oxygen atoms in total. The fourth-order valence-corrected chi connectivity index (χ4v) is 7.22. The number of unbranched alkanes of at least 4 members (excludes halogenated alkanes) is 2. The number of aliphatic carboxylic acids is 1. The Balaban J connectivity index is 1.40. The minimum Gasteiger partial charge on any atom is -0.485 e. The number of carboxylic acids is 1. The van der Waals surface area contributed by atoms with E-state index >= 15 is 0 Å². The molecule has 2 unspecified atom stereocenters. The molecule has 0 saturated heterocycles. The number of rotatable bonds is 6. The number of nitrogens with zero attached hydrogens (tertiary/aromatic N) is 1. The van der Waals surface area contributed by atoms with E-state index < -0.39 is 5.97 Å². The van der Waals surface area contributed by atoms with E-state index in [-0.39, 0.29) is 17.9 Å². The molecule has 4 heterocycles. The van der Waals surface area contributed by atoms with Gasteiger partial charge in [-0.2, -0.15) is 0 Å². The Kier molecular flexibility index (Phi) is 6.71. The molecule has 5 heteroatoms. The van der Waals surface area contributed by atoms with Crippen LogP contribution < -0.4 is 15.0 Å². The van der Waals surface area contributed by atoms with Crippen LogP contribution in [0.5, 0.6) is 5.75 Å². The van der Waals surface area contributed by atoms with E-state index in [1.807, 2.05) is 0 Å². The Morgan fingerprint density at radius 2 is 2.00 bits per heavy atom. The summed E-state index contributed by atoms with van der Waals surface area (Å²) in [7, 11) is 0. The summed E-state index contributed by atoms with van der Waals surface area (Å²) in [4.78, 5) is 13.6. The van der Waals surface area contributed by atoms with Crippen molar-refractivity contribution in [1.29, 1.82) is 0 Å². The minimum absolute atomic E-state index is 0.0311. The highest BCUT2D eigenvalue weighted by atomic mass is 16.5. The highest BCUT2D eigenvalue weighted by molar-refractivity contribution is 5.78. The van der Waals surface area contributed by atoms with Gasteiger partial charge >= 0.3 is 5.97 Å². The van der Waals surface area contributed by atoms with Crippen LogP contribution in [0.25, 0.3) is 6.08 Å².